The number of benzene rings is 2. The van der Waals surface area contributed by atoms with Crippen molar-refractivity contribution in [3.8, 4) is 0 Å². The summed E-state index contributed by atoms with van der Waals surface area (Å²) in [5.74, 6) is -3.75. The number of halogens is 3. The predicted molar refractivity (Wildman–Crippen MR) is 107 cm³/mol. The van der Waals surface area contributed by atoms with Gasteiger partial charge in [0.05, 0.1) is 16.3 Å². The number of ether oxygens (including phenoxy) is 1. The SMILES string of the molecule is CC(C)(C)OC(=O)N(C(=O)O)c1c(F)ccc(NC(=O)c2cc(N)ccc2Cl)c1F. The fraction of sp³-hybridized carbons (Fsp3) is 0.211. The number of carbonyl (C=O) groups is 3. The number of amides is 3. The number of hydrogen-bond acceptors (Lipinski definition) is 5. The normalized spacial score (nSPS) is 11.0. The molecule has 8 nitrogen and oxygen atoms in total. The number of nitrogen functional groups attached to an aromatic ring is 1. The Balaban J connectivity index is 2.47. The summed E-state index contributed by atoms with van der Waals surface area (Å²) in [7, 11) is 0. The van der Waals surface area contributed by atoms with Crippen molar-refractivity contribution in [2.75, 3.05) is 16.0 Å². The average molecular weight is 442 g/mol. The van der Waals surface area contributed by atoms with E-state index >= 15 is 0 Å². The molecule has 2 rings (SSSR count). The molecular weight excluding hydrogens is 424 g/mol. The topological polar surface area (TPSA) is 122 Å². The van der Waals surface area contributed by atoms with Gasteiger partial charge in [-0.25, -0.2) is 18.4 Å². The van der Waals surface area contributed by atoms with Crippen LogP contribution in [0.3, 0.4) is 0 Å². The molecule has 0 aliphatic rings. The summed E-state index contributed by atoms with van der Waals surface area (Å²) in [5.41, 5.74) is 2.77. The maximum absolute atomic E-state index is 15.0. The summed E-state index contributed by atoms with van der Waals surface area (Å²) in [4.78, 5) is 36.0. The highest BCUT2D eigenvalue weighted by Crippen LogP contribution is 2.31. The second kappa shape index (κ2) is 8.54. The lowest BCUT2D eigenvalue weighted by Crippen LogP contribution is -2.41. The third-order valence-corrected chi connectivity index (χ3v) is 3.87. The minimum absolute atomic E-state index is 0.0189. The summed E-state index contributed by atoms with van der Waals surface area (Å²) in [6, 6.07) is 5.59. The van der Waals surface area contributed by atoms with Crippen LogP contribution < -0.4 is 16.0 Å². The van der Waals surface area contributed by atoms with E-state index in [2.05, 4.69) is 5.32 Å². The van der Waals surface area contributed by atoms with E-state index in [1.807, 2.05) is 0 Å². The molecule has 0 aliphatic carbocycles. The van der Waals surface area contributed by atoms with Crippen LogP contribution in [-0.4, -0.2) is 28.8 Å². The van der Waals surface area contributed by atoms with E-state index in [0.717, 1.165) is 6.07 Å². The van der Waals surface area contributed by atoms with Crippen molar-refractivity contribution in [2.45, 2.75) is 26.4 Å². The molecule has 0 aromatic heterocycles. The van der Waals surface area contributed by atoms with Crippen molar-refractivity contribution in [1.29, 1.82) is 0 Å². The molecule has 11 heteroatoms. The van der Waals surface area contributed by atoms with Gasteiger partial charge >= 0.3 is 12.2 Å². The van der Waals surface area contributed by atoms with E-state index in [-0.39, 0.29) is 21.2 Å². The molecule has 0 unspecified atom stereocenters. The van der Waals surface area contributed by atoms with Crippen molar-refractivity contribution < 1.29 is 33.0 Å². The van der Waals surface area contributed by atoms with E-state index in [4.69, 9.17) is 22.1 Å². The van der Waals surface area contributed by atoms with E-state index in [1.54, 1.807) is 0 Å². The zero-order valence-electron chi connectivity index (χ0n) is 16.1. The number of imide groups is 1. The number of carboxylic acid groups (broad SMARTS) is 1. The van der Waals surface area contributed by atoms with Crippen molar-refractivity contribution >= 4 is 46.8 Å². The van der Waals surface area contributed by atoms with Gasteiger partial charge in [-0.05, 0) is 51.1 Å². The highest BCUT2D eigenvalue weighted by atomic mass is 35.5. The molecule has 0 atom stereocenters. The lowest BCUT2D eigenvalue weighted by Gasteiger charge is -2.25. The Kier molecular flexibility index (Phi) is 6.51. The molecule has 30 heavy (non-hydrogen) atoms. The minimum atomic E-state index is -1.98. The third kappa shape index (κ3) is 5.15. The van der Waals surface area contributed by atoms with E-state index < -0.39 is 46.7 Å². The lowest BCUT2D eigenvalue weighted by molar-refractivity contribution is 0.0579. The Bertz CT molecular complexity index is 1020. The highest BCUT2D eigenvalue weighted by molar-refractivity contribution is 6.34. The van der Waals surface area contributed by atoms with Gasteiger partial charge in [-0.15, -0.1) is 0 Å². The number of nitrogens with two attached hydrogens (primary N) is 1. The van der Waals surface area contributed by atoms with Crippen LogP contribution in [0.5, 0.6) is 0 Å². The number of nitrogens with zero attached hydrogens (tertiary/aromatic N) is 1. The molecule has 2 aromatic carbocycles. The van der Waals surface area contributed by atoms with Crippen molar-refractivity contribution in [3.63, 3.8) is 0 Å². The van der Waals surface area contributed by atoms with Crippen molar-refractivity contribution in [2.24, 2.45) is 0 Å². The van der Waals surface area contributed by atoms with E-state index in [1.165, 1.54) is 39.0 Å². The molecule has 0 spiro atoms. The molecule has 0 aliphatic heterocycles. The van der Waals surface area contributed by atoms with Gasteiger partial charge in [0.1, 0.15) is 11.3 Å². The van der Waals surface area contributed by atoms with Crippen LogP contribution in [0.4, 0.5) is 35.4 Å². The maximum atomic E-state index is 15.0. The van der Waals surface area contributed by atoms with Gasteiger partial charge in [0.15, 0.2) is 11.6 Å². The molecule has 0 saturated carbocycles. The van der Waals surface area contributed by atoms with Gasteiger partial charge in [-0.3, -0.25) is 4.79 Å². The van der Waals surface area contributed by atoms with Gasteiger partial charge < -0.3 is 20.9 Å². The molecule has 160 valence electrons. The fourth-order valence-corrected chi connectivity index (χ4v) is 2.53. The third-order valence-electron chi connectivity index (χ3n) is 3.54. The summed E-state index contributed by atoms with van der Waals surface area (Å²) in [6.07, 6.45) is -3.50. The van der Waals surface area contributed by atoms with Crippen LogP contribution in [0.15, 0.2) is 30.3 Å². The predicted octanol–water partition coefficient (Wildman–Crippen LogP) is 4.87. The Labute approximate surface area is 175 Å². The fourth-order valence-electron chi connectivity index (χ4n) is 2.32. The molecule has 0 saturated heterocycles. The summed E-state index contributed by atoms with van der Waals surface area (Å²) in [6.45, 7) is 4.34. The van der Waals surface area contributed by atoms with Gasteiger partial charge in [-0.2, -0.15) is 4.90 Å². The summed E-state index contributed by atoms with van der Waals surface area (Å²) < 4.78 is 34.2. The molecule has 3 amide bonds. The van der Waals surface area contributed by atoms with Gasteiger partial charge in [0, 0.05) is 5.69 Å². The minimum Gasteiger partial charge on any atom is -0.464 e. The number of anilines is 3. The van der Waals surface area contributed by atoms with Gasteiger partial charge in [0.2, 0.25) is 0 Å². The summed E-state index contributed by atoms with van der Waals surface area (Å²) >= 11 is 5.93. The first-order chi connectivity index (χ1) is 13.8. The first-order valence-electron chi connectivity index (χ1n) is 8.42. The second-order valence-corrected chi connectivity index (χ2v) is 7.46. The molecule has 0 bridgehead atoms. The molecule has 2 aromatic rings. The first kappa shape index (κ1) is 22.9. The Morgan fingerprint density at radius 3 is 2.37 bits per heavy atom. The summed E-state index contributed by atoms with van der Waals surface area (Å²) in [5, 5.41) is 11.5. The van der Waals surface area contributed by atoms with Crippen LogP contribution in [-0.2, 0) is 4.74 Å². The Morgan fingerprint density at radius 2 is 1.80 bits per heavy atom. The lowest BCUT2D eigenvalue weighted by atomic mass is 10.1. The zero-order valence-corrected chi connectivity index (χ0v) is 16.9. The van der Waals surface area contributed by atoms with Crippen LogP contribution in [0.2, 0.25) is 5.02 Å². The van der Waals surface area contributed by atoms with Crippen molar-refractivity contribution in [1.82, 2.24) is 0 Å². The molecule has 0 heterocycles. The van der Waals surface area contributed by atoms with Crippen molar-refractivity contribution in [3.05, 3.63) is 52.6 Å². The zero-order chi connectivity index (χ0) is 22.8. The number of carbonyl (C=O) groups excluding carboxylic acids is 2. The number of rotatable bonds is 3. The Hall–Kier alpha value is -3.40. The standard InChI is InChI=1S/C19H18ClF2N3O5/c1-19(2,3)30-18(29)25(17(27)28)15-12(21)6-7-13(14(15)22)24-16(26)10-8-9(23)4-5-11(10)20/h4-8H,23H2,1-3H3,(H,24,26)(H,27,28). The van der Waals surface area contributed by atoms with Crippen LogP contribution in [0, 0.1) is 11.6 Å². The second-order valence-electron chi connectivity index (χ2n) is 7.05. The smallest absolute Gasteiger partial charge is 0.424 e. The van der Waals surface area contributed by atoms with Crippen LogP contribution in [0.1, 0.15) is 31.1 Å². The average Bonchev–Trinajstić information content (AvgIpc) is 2.60. The Morgan fingerprint density at radius 1 is 1.17 bits per heavy atom. The molecule has 0 fully saturated rings. The van der Waals surface area contributed by atoms with E-state index in [0.29, 0.717) is 6.07 Å². The highest BCUT2D eigenvalue weighted by Gasteiger charge is 2.34. The maximum Gasteiger partial charge on any atom is 0.424 e. The van der Waals surface area contributed by atoms with Gasteiger partial charge in [-0.1, -0.05) is 11.6 Å². The largest absolute Gasteiger partial charge is 0.464 e. The van der Waals surface area contributed by atoms with E-state index in [9.17, 15) is 28.3 Å². The van der Waals surface area contributed by atoms with Crippen LogP contribution >= 0.6 is 11.6 Å². The quantitative estimate of drug-likeness (QED) is 0.584. The molecular formula is C19H18ClF2N3O5. The number of hydrogen-bond donors (Lipinski definition) is 3. The number of nitrogens with one attached hydrogen (secondary N) is 1. The molecule has 4 N–H and O–H groups in total. The van der Waals surface area contributed by atoms with Crippen LogP contribution in [0.25, 0.3) is 0 Å². The first-order valence-corrected chi connectivity index (χ1v) is 8.80. The monoisotopic (exact) mass is 441 g/mol. The van der Waals surface area contributed by atoms with Gasteiger partial charge in [0.25, 0.3) is 5.91 Å². The molecule has 0 radical (unpaired) electrons.